The zero-order valence-corrected chi connectivity index (χ0v) is 17.1. The number of aromatic nitrogens is 4. The number of nitrogens with zero attached hydrogens (tertiary/aromatic N) is 6. The number of likely N-dealkylation sites (N-methyl/N-ethyl adjacent to an activating group) is 1. The fraction of sp³-hybridized carbons (Fsp3) is 0.333. The Morgan fingerprint density at radius 1 is 1.23 bits per heavy atom. The summed E-state index contributed by atoms with van der Waals surface area (Å²) in [5, 5.41) is 3.06. The summed E-state index contributed by atoms with van der Waals surface area (Å²) in [6.45, 7) is 2.56. The lowest BCUT2D eigenvalue weighted by Gasteiger charge is -2.39. The monoisotopic (exact) mass is 407 g/mol. The fourth-order valence-corrected chi connectivity index (χ4v) is 3.57. The molecule has 0 aliphatic carbocycles. The van der Waals surface area contributed by atoms with Crippen molar-refractivity contribution in [1.82, 2.24) is 29.7 Å². The molecule has 30 heavy (non-hydrogen) atoms. The minimum atomic E-state index is -0.357. The average Bonchev–Trinajstić information content (AvgIpc) is 3.33. The zero-order valence-electron chi connectivity index (χ0n) is 17.1. The summed E-state index contributed by atoms with van der Waals surface area (Å²) in [6, 6.07) is 9.17. The lowest BCUT2D eigenvalue weighted by atomic mass is 10.1. The number of methoxy groups -OCH3 is 1. The normalized spacial score (nSPS) is 17.0. The zero-order chi connectivity index (χ0) is 20.9. The van der Waals surface area contributed by atoms with Crippen LogP contribution in [0.25, 0.3) is 5.95 Å². The van der Waals surface area contributed by atoms with Crippen LogP contribution >= 0.6 is 0 Å². The summed E-state index contributed by atoms with van der Waals surface area (Å²) in [4.78, 5) is 30.4. The van der Waals surface area contributed by atoms with Gasteiger partial charge in [-0.1, -0.05) is 18.2 Å². The van der Waals surface area contributed by atoms with E-state index in [0.29, 0.717) is 25.6 Å². The Balaban J connectivity index is 1.53. The molecule has 1 amide bonds. The van der Waals surface area contributed by atoms with Gasteiger partial charge in [0.15, 0.2) is 0 Å². The molecule has 3 aromatic rings. The summed E-state index contributed by atoms with van der Waals surface area (Å²) >= 11 is 0. The van der Waals surface area contributed by atoms with Crippen molar-refractivity contribution in [1.29, 1.82) is 0 Å². The smallest absolute Gasteiger partial charge is 0.244 e. The fourth-order valence-electron chi connectivity index (χ4n) is 3.57. The predicted octanol–water partition coefficient (Wildman–Crippen LogP) is 1.11. The van der Waals surface area contributed by atoms with E-state index in [2.05, 4.69) is 25.2 Å². The second-order valence-corrected chi connectivity index (χ2v) is 7.19. The molecule has 2 aromatic heterocycles. The molecule has 1 N–H and O–H groups in total. The summed E-state index contributed by atoms with van der Waals surface area (Å²) in [5.74, 6) is 1.96. The van der Waals surface area contributed by atoms with Crippen molar-refractivity contribution in [3.63, 3.8) is 0 Å². The van der Waals surface area contributed by atoms with Gasteiger partial charge in [0.05, 0.1) is 7.11 Å². The van der Waals surface area contributed by atoms with E-state index < -0.39 is 0 Å². The summed E-state index contributed by atoms with van der Waals surface area (Å²) in [7, 11) is 3.65. The SMILES string of the molecule is COc1ccccc1CNC(=O)C1CN(C)CCN1c1ccnc(-n2ccnc2)n1. The first kappa shape index (κ1) is 19.8. The van der Waals surface area contributed by atoms with E-state index in [1.807, 2.05) is 42.3 Å². The van der Waals surface area contributed by atoms with Crippen LogP contribution < -0.4 is 15.0 Å². The van der Waals surface area contributed by atoms with Crippen LogP contribution in [-0.4, -0.2) is 70.2 Å². The number of amides is 1. The van der Waals surface area contributed by atoms with Crippen molar-refractivity contribution < 1.29 is 9.53 Å². The number of rotatable bonds is 6. The molecule has 4 rings (SSSR count). The number of anilines is 1. The van der Waals surface area contributed by atoms with Gasteiger partial charge < -0.3 is 19.9 Å². The maximum Gasteiger partial charge on any atom is 0.244 e. The van der Waals surface area contributed by atoms with Crippen LogP contribution in [0.15, 0.2) is 55.2 Å². The van der Waals surface area contributed by atoms with Crippen LogP contribution in [0.3, 0.4) is 0 Å². The van der Waals surface area contributed by atoms with E-state index in [1.54, 1.807) is 36.6 Å². The summed E-state index contributed by atoms with van der Waals surface area (Å²) in [6.07, 6.45) is 6.83. The largest absolute Gasteiger partial charge is 0.496 e. The highest BCUT2D eigenvalue weighted by molar-refractivity contribution is 5.85. The van der Waals surface area contributed by atoms with Crippen LogP contribution in [0.1, 0.15) is 5.56 Å². The molecule has 1 atom stereocenters. The minimum Gasteiger partial charge on any atom is -0.496 e. The Hall–Kier alpha value is -3.46. The lowest BCUT2D eigenvalue weighted by Crippen LogP contribution is -2.58. The van der Waals surface area contributed by atoms with Crippen LogP contribution in [0.4, 0.5) is 5.82 Å². The van der Waals surface area contributed by atoms with Gasteiger partial charge in [-0.3, -0.25) is 9.36 Å². The molecule has 1 unspecified atom stereocenters. The number of carbonyl (C=O) groups is 1. The van der Waals surface area contributed by atoms with E-state index in [0.717, 1.165) is 23.7 Å². The maximum absolute atomic E-state index is 13.1. The molecular weight excluding hydrogens is 382 g/mol. The van der Waals surface area contributed by atoms with E-state index in [1.165, 1.54) is 0 Å². The number of para-hydroxylation sites is 1. The molecule has 9 heteroatoms. The third kappa shape index (κ3) is 4.25. The molecule has 0 bridgehead atoms. The Labute approximate surface area is 175 Å². The number of hydrogen-bond donors (Lipinski definition) is 1. The van der Waals surface area contributed by atoms with Crippen molar-refractivity contribution in [2.24, 2.45) is 0 Å². The van der Waals surface area contributed by atoms with Gasteiger partial charge in [0.25, 0.3) is 0 Å². The van der Waals surface area contributed by atoms with Gasteiger partial charge in [0.2, 0.25) is 11.9 Å². The lowest BCUT2D eigenvalue weighted by molar-refractivity contribution is -0.123. The maximum atomic E-state index is 13.1. The standard InChI is InChI=1S/C21H25N7O2/c1-26-11-12-28(19-7-8-23-21(25-19)27-10-9-22-15-27)17(14-26)20(29)24-13-16-5-3-4-6-18(16)30-2/h3-10,15,17H,11-14H2,1-2H3,(H,24,29). The average molecular weight is 407 g/mol. The van der Waals surface area contributed by atoms with Crippen molar-refractivity contribution in [2.75, 3.05) is 38.7 Å². The number of benzene rings is 1. The van der Waals surface area contributed by atoms with Crippen LogP contribution in [0.2, 0.25) is 0 Å². The summed E-state index contributed by atoms with van der Waals surface area (Å²) in [5.41, 5.74) is 0.938. The van der Waals surface area contributed by atoms with Crippen LogP contribution in [0, 0.1) is 0 Å². The van der Waals surface area contributed by atoms with Crippen molar-refractivity contribution in [3.05, 3.63) is 60.8 Å². The topological polar surface area (TPSA) is 88.4 Å². The molecule has 0 saturated carbocycles. The first-order valence-electron chi connectivity index (χ1n) is 9.82. The van der Waals surface area contributed by atoms with Crippen LogP contribution in [0.5, 0.6) is 5.75 Å². The molecule has 156 valence electrons. The van der Waals surface area contributed by atoms with Crippen molar-refractivity contribution in [3.8, 4) is 11.7 Å². The molecular formula is C21H25N7O2. The third-order valence-electron chi connectivity index (χ3n) is 5.19. The van der Waals surface area contributed by atoms with Gasteiger partial charge in [-0.2, -0.15) is 4.98 Å². The van der Waals surface area contributed by atoms with Crippen molar-refractivity contribution >= 4 is 11.7 Å². The van der Waals surface area contributed by atoms with Gasteiger partial charge in [-0.05, 0) is 19.2 Å². The molecule has 1 aliphatic heterocycles. The molecule has 0 radical (unpaired) electrons. The predicted molar refractivity (Wildman–Crippen MR) is 113 cm³/mol. The second-order valence-electron chi connectivity index (χ2n) is 7.19. The third-order valence-corrected chi connectivity index (χ3v) is 5.19. The minimum absolute atomic E-state index is 0.0461. The molecule has 1 aromatic carbocycles. The van der Waals surface area contributed by atoms with E-state index >= 15 is 0 Å². The number of imidazole rings is 1. The summed E-state index contributed by atoms with van der Waals surface area (Å²) < 4.78 is 7.13. The molecule has 1 aliphatic rings. The highest BCUT2D eigenvalue weighted by atomic mass is 16.5. The molecule has 9 nitrogen and oxygen atoms in total. The molecule has 3 heterocycles. The highest BCUT2D eigenvalue weighted by Gasteiger charge is 2.32. The van der Waals surface area contributed by atoms with Gasteiger partial charge in [-0.15, -0.1) is 0 Å². The molecule has 0 spiro atoms. The van der Waals surface area contributed by atoms with Gasteiger partial charge in [0, 0.05) is 50.3 Å². The number of hydrogen-bond acceptors (Lipinski definition) is 7. The van der Waals surface area contributed by atoms with Gasteiger partial charge in [0.1, 0.15) is 23.9 Å². The Morgan fingerprint density at radius 3 is 2.90 bits per heavy atom. The first-order chi connectivity index (χ1) is 14.7. The quantitative estimate of drug-likeness (QED) is 0.655. The Morgan fingerprint density at radius 2 is 2.10 bits per heavy atom. The number of nitrogens with one attached hydrogen (secondary N) is 1. The highest BCUT2D eigenvalue weighted by Crippen LogP contribution is 2.20. The Bertz CT molecular complexity index is 993. The Kier molecular flexibility index (Phi) is 5.89. The van der Waals surface area contributed by atoms with Gasteiger partial charge >= 0.3 is 0 Å². The van der Waals surface area contributed by atoms with E-state index in [9.17, 15) is 4.79 Å². The second kappa shape index (κ2) is 8.91. The van der Waals surface area contributed by atoms with Crippen molar-refractivity contribution in [2.45, 2.75) is 12.6 Å². The number of carbonyl (C=O) groups excluding carboxylic acids is 1. The number of ether oxygens (including phenoxy) is 1. The number of piperazine rings is 1. The molecule has 1 fully saturated rings. The van der Waals surface area contributed by atoms with E-state index in [4.69, 9.17) is 4.74 Å². The first-order valence-corrected chi connectivity index (χ1v) is 9.82. The van der Waals surface area contributed by atoms with Gasteiger partial charge in [-0.25, -0.2) is 9.97 Å². The molecule has 1 saturated heterocycles. The van der Waals surface area contributed by atoms with E-state index in [-0.39, 0.29) is 11.9 Å². The van der Waals surface area contributed by atoms with Crippen LogP contribution in [-0.2, 0) is 11.3 Å².